The quantitative estimate of drug-likeness (QED) is 0.472. The molecule has 3 heterocycles. The molecule has 190 valence electrons. The molecule has 8 heteroatoms. The van der Waals surface area contributed by atoms with E-state index in [1.807, 2.05) is 31.4 Å². The van der Waals surface area contributed by atoms with Crippen molar-refractivity contribution in [3.63, 3.8) is 0 Å². The summed E-state index contributed by atoms with van der Waals surface area (Å²) in [5, 5.41) is 24.5. The number of thiazole rings is 1. The van der Waals surface area contributed by atoms with Crippen molar-refractivity contribution in [2.75, 3.05) is 0 Å². The molecule has 2 aliphatic rings. The number of carbonyl (C=O) groups is 2. The number of Topliss-reactive ketones (excluding diaryl/α,β-unsaturated/α-hetero) is 1. The highest BCUT2D eigenvalue weighted by Gasteiger charge is 2.52. The maximum atomic E-state index is 13.2. The molecule has 7 atom stereocenters. The molecule has 0 aromatic carbocycles. The Morgan fingerprint density at radius 3 is 2.56 bits per heavy atom. The van der Waals surface area contributed by atoms with Gasteiger partial charge in [-0.15, -0.1) is 11.3 Å². The molecule has 0 radical (unpaired) electrons. The van der Waals surface area contributed by atoms with Gasteiger partial charge in [0.2, 0.25) is 0 Å². The zero-order chi connectivity index (χ0) is 25.3. The fourth-order valence-electron chi connectivity index (χ4n) is 4.82. The number of cyclic esters (lactones) is 1. The number of rotatable bonds is 2. The van der Waals surface area contributed by atoms with Crippen molar-refractivity contribution < 1.29 is 29.3 Å². The molecule has 0 aliphatic carbocycles. The van der Waals surface area contributed by atoms with Gasteiger partial charge in [0.15, 0.2) is 0 Å². The van der Waals surface area contributed by atoms with Crippen LogP contribution in [0.1, 0.15) is 77.4 Å². The summed E-state index contributed by atoms with van der Waals surface area (Å²) in [6.45, 7) is 10.9. The maximum Gasteiger partial charge on any atom is 0.309 e. The molecule has 0 saturated carbocycles. The molecule has 1 aromatic rings. The van der Waals surface area contributed by atoms with Crippen LogP contribution in [0.4, 0.5) is 0 Å². The third kappa shape index (κ3) is 6.33. The van der Waals surface area contributed by atoms with Crippen molar-refractivity contribution in [1.82, 2.24) is 4.98 Å². The Bertz CT molecular complexity index is 911. The summed E-state index contributed by atoms with van der Waals surface area (Å²) in [4.78, 5) is 30.4. The summed E-state index contributed by atoms with van der Waals surface area (Å²) in [5.74, 6) is -1.55. The lowest BCUT2D eigenvalue weighted by molar-refractivity contribution is -0.154. The third-order valence-electron chi connectivity index (χ3n) is 7.55. The largest absolute Gasteiger partial charge is 0.458 e. The van der Waals surface area contributed by atoms with E-state index < -0.39 is 35.6 Å². The number of hydrogen-bond donors (Lipinski definition) is 2. The number of nitrogens with zero attached hydrogens (tertiary/aromatic N) is 1. The van der Waals surface area contributed by atoms with Crippen LogP contribution < -0.4 is 0 Å². The fourth-order valence-corrected chi connectivity index (χ4v) is 5.40. The molecule has 0 bridgehead atoms. The standard InChI is InChI=1S/C26H39NO6S/c1-15-8-7-11-26(6)21(33-26)12-19(10-9-18-14-34-17(3)27-18)32-22(29)13-20(28)25(4,5)24(31)16(2)23(15)30/h9-10,14-16,19-21,23,28,30H,7-8,11-13H2,1-6H3/b10-9+/t15-,16+,19?,20-,21-,23-,26+/m0/s1. The van der Waals surface area contributed by atoms with Crippen LogP contribution in [0.15, 0.2) is 11.5 Å². The molecular formula is C26H39NO6S. The second-order valence-corrected chi connectivity index (χ2v) is 11.9. The second-order valence-electron chi connectivity index (χ2n) is 10.8. The highest BCUT2D eigenvalue weighted by atomic mass is 32.1. The first kappa shape index (κ1) is 27.0. The van der Waals surface area contributed by atoms with E-state index in [4.69, 9.17) is 9.47 Å². The average molecular weight is 494 g/mol. The van der Waals surface area contributed by atoms with Gasteiger partial charge >= 0.3 is 5.97 Å². The van der Waals surface area contributed by atoms with Gasteiger partial charge in [-0.3, -0.25) is 9.59 Å². The van der Waals surface area contributed by atoms with Crippen LogP contribution in [0.3, 0.4) is 0 Å². The predicted octanol–water partition coefficient (Wildman–Crippen LogP) is 4.09. The number of fused-ring (bicyclic) bond motifs is 1. The Labute approximate surface area is 206 Å². The lowest BCUT2D eigenvalue weighted by Crippen LogP contribution is -2.45. The van der Waals surface area contributed by atoms with Crippen LogP contribution in [-0.2, 0) is 19.1 Å². The van der Waals surface area contributed by atoms with Gasteiger partial charge in [-0.2, -0.15) is 0 Å². The lowest BCUT2D eigenvalue weighted by atomic mass is 9.73. The summed E-state index contributed by atoms with van der Waals surface area (Å²) in [6.07, 6.45) is 3.72. The molecule has 34 heavy (non-hydrogen) atoms. The van der Waals surface area contributed by atoms with Crippen LogP contribution in [-0.4, -0.2) is 57.0 Å². The first-order valence-electron chi connectivity index (χ1n) is 12.2. The molecule has 3 rings (SSSR count). The highest BCUT2D eigenvalue weighted by molar-refractivity contribution is 7.09. The Balaban J connectivity index is 1.81. The number of ketones is 1. The van der Waals surface area contributed by atoms with E-state index in [1.165, 1.54) is 0 Å². The summed E-state index contributed by atoms with van der Waals surface area (Å²) in [7, 11) is 0. The molecule has 2 fully saturated rings. The van der Waals surface area contributed by atoms with Crippen molar-refractivity contribution in [3.05, 3.63) is 22.2 Å². The Kier molecular flexibility index (Phi) is 8.38. The number of aromatic nitrogens is 1. The Hall–Kier alpha value is -1.61. The molecule has 1 unspecified atom stereocenters. The van der Waals surface area contributed by atoms with Crippen molar-refractivity contribution in [2.24, 2.45) is 17.3 Å². The molecule has 7 nitrogen and oxygen atoms in total. The number of aliphatic hydroxyl groups excluding tert-OH is 2. The van der Waals surface area contributed by atoms with Gasteiger partial charge in [0, 0.05) is 17.7 Å². The lowest BCUT2D eigenvalue weighted by Gasteiger charge is -2.34. The Morgan fingerprint density at radius 2 is 1.91 bits per heavy atom. The molecule has 2 aliphatic heterocycles. The van der Waals surface area contributed by atoms with E-state index in [0.717, 1.165) is 30.0 Å². The molecule has 0 amide bonds. The number of esters is 1. The minimum atomic E-state index is -1.22. The summed E-state index contributed by atoms with van der Waals surface area (Å²) < 4.78 is 11.7. The van der Waals surface area contributed by atoms with Gasteiger partial charge in [-0.05, 0) is 44.8 Å². The van der Waals surface area contributed by atoms with Gasteiger partial charge in [-0.1, -0.05) is 34.1 Å². The van der Waals surface area contributed by atoms with E-state index >= 15 is 0 Å². The number of carbonyl (C=O) groups excluding carboxylic acids is 2. The van der Waals surface area contributed by atoms with Crippen LogP contribution in [0.2, 0.25) is 0 Å². The van der Waals surface area contributed by atoms with E-state index in [1.54, 1.807) is 32.1 Å². The minimum Gasteiger partial charge on any atom is -0.458 e. The number of aryl methyl sites for hydroxylation is 1. The van der Waals surface area contributed by atoms with Crippen molar-refractivity contribution in [2.45, 2.75) is 104 Å². The van der Waals surface area contributed by atoms with Crippen molar-refractivity contribution in [1.29, 1.82) is 0 Å². The van der Waals surface area contributed by atoms with E-state index in [9.17, 15) is 19.8 Å². The van der Waals surface area contributed by atoms with E-state index in [0.29, 0.717) is 6.42 Å². The van der Waals surface area contributed by atoms with Crippen molar-refractivity contribution >= 4 is 29.2 Å². The van der Waals surface area contributed by atoms with Crippen LogP contribution in [0, 0.1) is 24.2 Å². The molecule has 2 N–H and O–H groups in total. The fraction of sp³-hybridized carbons (Fsp3) is 0.731. The molecule has 0 spiro atoms. The first-order valence-corrected chi connectivity index (χ1v) is 13.1. The van der Waals surface area contributed by atoms with E-state index in [2.05, 4.69) is 11.9 Å². The summed E-state index contributed by atoms with van der Waals surface area (Å²) >= 11 is 1.55. The third-order valence-corrected chi connectivity index (χ3v) is 8.34. The molecular weight excluding hydrogens is 454 g/mol. The topological polar surface area (TPSA) is 109 Å². The van der Waals surface area contributed by atoms with Gasteiger partial charge in [0.25, 0.3) is 0 Å². The zero-order valence-electron chi connectivity index (χ0n) is 21.1. The second kappa shape index (κ2) is 10.6. The van der Waals surface area contributed by atoms with Crippen LogP contribution >= 0.6 is 11.3 Å². The maximum absolute atomic E-state index is 13.2. The molecule has 2 saturated heterocycles. The van der Waals surface area contributed by atoms with E-state index in [-0.39, 0.29) is 29.8 Å². The number of aliphatic hydroxyl groups is 2. The smallest absolute Gasteiger partial charge is 0.309 e. The highest BCUT2D eigenvalue weighted by Crippen LogP contribution is 2.44. The monoisotopic (exact) mass is 493 g/mol. The van der Waals surface area contributed by atoms with Crippen LogP contribution in [0.25, 0.3) is 6.08 Å². The van der Waals surface area contributed by atoms with Crippen molar-refractivity contribution in [3.8, 4) is 0 Å². The van der Waals surface area contributed by atoms with Gasteiger partial charge in [-0.25, -0.2) is 4.98 Å². The number of hydrogen-bond acceptors (Lipinski definition) is 8. The predicted molar refractivity (Wildman–Crippen MR) is 131 cm³/mol. The van der Waals surface area contributed by atoms with Gasteiger partial charge in [0.05, 0.1) is 46.5 Å². The number of ether oxygens (including phenoxy) is 2. The molecule has 1 aromatic heterocycles. The summed E-state index contributed by atoms with van der Waals surface area (Å²) in [6, 6.07) is 0. The minimum absolute atomic E-state index is 0.0397. The number of epoxide rings is 1. The Morgan fingerprint density at radius 1 is 1.21 bits per heavy atom. The van der Waals surface area contributed by atoms with Gasteiger partial charge < -0.3 is 19.7 Å². The summed E-state index contributed by atoms with van der Waals surface area (Å²) in [5.41, 5.74) is -0.684. The normalized spacial score (nSPS) is 37.9. The average Bonchev–Trinajstić information content (AvgIpc) is 3.19. The van der Waals surface area contributed by atoms with Gasteiger partial charge in [0.1, 0.15) is 11.9 Å². The SMILES string of the molecule is Cc1nc(/C=C/C2C[C@@H]3O[C@]3(C)CCC[C@H](C)[C@H](O)[C@@H](C)C(=O)C(C)(C)[C@@H](O)CC(=O)O2)cs1. The van der Waals surface area contributed by atoms with Crippen LogP contribution in [0.5, 0.6) is 0 Å². The first-order chi connectivity index (χ1) is 15.8. The zero-order valence-corrected chi connectivity index (χ0v) is 21.9.